The predicted molar refractivity (Wildman–Crippen MR) is 121 cm³/mol. The molecule has 8 nitrogen and oxygen atoms in total. The molecule has 3 rings (SSSR count). The summed E-state index contributed by atoms with van der Waals surface area (Å²) in [5, 5.41) is 2.73. The number of benzene rings is 2. The Hall–Kier alpha value is -2.08. The maximum atomic E-state index is 12.9. The highest BCUT2D eigenvalue weighted by atomic mass is 79.9. The predicted octanol–water partition coefficient (Wildman–Crippen LogP) is 2.93. The van der Waals surface area contributed by atoms with E-state index >= 15 is 0 Å². The van der Waals surface area contributed by atoms with Crippen molar-refractivity contribution in [3.8, 4) is 0 Å². The van der Waals surface area contributed by atoms with Crippen molar-refractivity contribution in [2.45, 2.75) is 17.4 Å². The fourth-order valence-electron chi connectivity index (χ4n) is 2.78. The standard InChI is InChI=1S/C19H20BrN3O5S2/c1-23-16-8-7-14(11-17(16)28-19(23)25)30(26,27)22-15(9-10-29-2)18(24)21-13-5-3-12(20)4-6-13/h3-8,11,15,22H,9-10H2,1-2H3,(H,21,24)/t15-/m0/s1. The molecule has 0 saturated heterocycles. The van der Waals surface area contributed by atoms with Crippen LogP contribution >= 0.6 is 27.7 Å². The molecule has 0 bridgehead atoms. The molecule has 2 N–H and O–H groups in total. The van der Waals surface area contributed by atoms with E-state index in [0.29, 0.717) is 23.4 Å². The number of oxazole rings is 1. The van der Waals surface area contributed by atoms with Crippen LogP contribution in [0.2, 0.25) is 0 Å². The van der Waals surface area contributed by atoms with Crippen molar-refractivity contribution in [3.63, 3.8) is 0 Å². The lowest BCUT2D eigenvalue weighted by Gasteiger charge is -2.18. The van der Waals surface area contributed by atoms with Crippen molar-refractivity contribution in [1.82, 2.24) is 9.29 Å². The third kappa shape index (κ3) is 5.15. The zero-order chi connectivity index (χ0) is 21.9. The normalized spacial score (nSPS) is 12.8. The van der Waals surface area contributed by atoms with Gasteiger partial charge in [0.15, 0.2) is 5.58 Å². The molecule has 1 atom stereocenters. The number of hydrogen-bond acceptors (Lipinski definition) is 6. The average Bonchev–Trinajstić information content (AvgIpc) is 3.00. The number of aromatic nitrogens is 1. The number of carbonyl (C=O) groups excluding carboxylic acids is 1. The van der Waals surface area contributed by atoms with Gasteiger partial charge >= 0.3 is 5.76 Å². The molecule has 1 aromatic heterocycles. The van der Waals surface area contributed by atoms with Crippen LogP contribution in [0.3, 0.4) is 0 Å². The van der Waals surface area contributed by atoms with Crippen LogP contribution in [0.4, 0.5) is 5.69 Å². The van der Waals surface area contributed by atoms with Gasteiger partial charge in [-0.15, -0.1) is 0 Å². The molecule has 0 aliphatic rings. The summed E-state index contributed by atoms with van der Waals surface area (Å²) in [4.78, 5) is 24.3. The van der Waals surface area contributed by atoms with E-state index in [2.05, 4.69) is 26.0 Å². The molecule has 2 aromatic carbocycles. The molecule has 11 heteroatoms. The Labute approximate surface area is 186 Å². The Morgan fingerprint density at radius 1 is 1.23 bits per heavy atom. The molecule has 0 unspecified atom stereocenters. The highest BCUT2D eigenvalue weighted by molar-refractivity contribution is 9.10. The molecule has 0 spiro atoms. The van der Waals surface area contributed by atoms with Crippen molar-refractivity contribution >= 4 is 60.4 Å². The summed E-state index contributed by atoms with van der Waals surface area (Å²) >= 11 is 4.84. The maximum absolute atomic E-state index is 12.9. The monoisotopic (exact) mass is 513 g/mol. The number of carbonyl (C=O) groups is 1. The highest BCUT2D eigenvalue weighted by Gasteiger charge is 2.26. The summed E-state index contributed by atoms with van der Waals surface area (Å²) in [5.74, 6) is -0.449. The SMILES string of the molecule is CSCC[C@H](NS(=O)(=O)c1ccc2c(c1)oc(=O)n2C)C(=O)Nc1ccc(Br)cc1. The van der Waals surface area contributed by atoms with E-state index in [-0.39, 0.29) is 10.5 Å². The lowest BCUT2D eigenvalue weighted by Crippen LogP contribution is -2.44. The molecule has 30 heavy (non-hydrogen) atoms. The number of nitrogens with one attached hydrogen (secondary N) is 2. The molecule has 0 fully saturated rings. The first-order valence-corrected chi connectivity index (χ1v) is 12.6. The van der Waals surface area contributed by atoms with Crippen LogP contribution in [-0.4, -0.2) is 36.9 Å². The molecule has 3 aromatic rings. The summed E-state index contributed by atoms with van der Waals surface area (Å²) in [7, 11) is -2.49. The first kappa shape index (κ1) is 22.6. The second-order valence-electron chi connectivity index (χ2n) is 6.51. The number of rotatable bonds is 8. The summed E-state index contributed by atoms with van der Waals surface area (Å²) in [5.41, 5.74) is 1.19. The second-order valence-corrected chi connectivity index (χ2v) is 10.1. The number of halogens is 1. The minimum Gasteiger partial charge on any atom is -0.408 e. The summed E-state index contributed by atoms with van der Waals surface area (Å²) in [6.07, 6.45) is 2.19. The van der Waals surface area contributed by atoms with Gasteiger partial charge in [0, 0.05) is 23.3 Å². The van der Waals surface area contributed by atoms with Gasteiger partial charge in [0.25, 0.3) is 0 Å². The molecular formula is C19H20BrN3O5S2. The van der Waals surface area contributed by atoms with Gasteiger partial charge in [-0.05, 0) is 54.8 Å². The Balaban J connectivity index is 1.84. The number of hydrogen-bond donors (Lipinski definition) is 2. The third-order valence-corrected chi connectivity index (χ3v) is 7.05. The lowest BCUT2D eigenvalue weighted by molar-refractivity contribution is -0.117. The van der Waals surface area contributed by atoms with Gasteiger partial charge in [0.1, 0.15) is 6.04 Å². The number of nitrogens with zero attached hydrogens (tertiary/aromatic N) is 1. The second kappa shape index (κ2) is 9.38. The van der Waals surface area contributed by atoms with Gasteiger partial charge in [-0.3, -0.25) is 9.36 Å². The van der Waals surface area contributed by atoms with Crippen molar-refractivity contribution in [2.24, 2.45) is 7.05 Å². The van der Waals surface area contributed by atoms with Crippen LogP contribution in [-0.2, 0) is 21.9 Å². The quantitative estimate of drug-likeness (QED) is 0.479. The van der Waals surface area contributed by atoms with E-state index in [1.54, 1.807) is 24.3 Å². The molecule has 0 aliphatic heterocycles. The van der Waals surface area contributed by atoms with Crippen LogP contribution in [0.15, 0.2) is 61.0 Å². The molecule has 1 heterocycles. The van der Waals surface area contributed by atoms with Gasteiger partial charge in [0.2, 0.25) is 15.9 Å². The molecule has 0 radical (unpaired) electrons. The Morgan fingerprint density at radius 2 is 1.93 bits per heavy atom. The number of amides is 1. The zero-order valence-electron chi connectivity index (χ0n) is 16.2. The first-order chi connectivity index (χ1) is 14.2. The van der Waals surface area contributed by atoms with Crippen molar-refractivity contribution in [3.05, 3.63) is 57.5 Å². The molecule has 0 aliphatic carbocycles. The Morgan fingerprint density at radius 3 is 2.60 bits per heavy atom. The van der Waals surface area contributed by atoms with Gasteiger partial charge < -0.3 is 9.73 Å². The maximum Gasteiger partial charge on any atom is 0.419 e. The van der Waals surface area contributed by atoms with E-state index in [0.717, 1.165) is 4.47 Å². The number of fused-ring (bicyclic) bond motifs is 1. The summed E-state index contributed by atoms with van der Waals surface area (Å²) in [6, 6.07) is 10.2. The van der Waals surface area contributed by atoms with Crippen LogP contribution in [0.5, 0.6) is 0 Å². The minimum atomic E-state index is -4.03. The molecule has 0 saturated carbocycles. The number of aryl methyl sites for hydroxylation is 1. The third-order valence-electron chi connectivity index (χ3n) is 4.41. The fourth-order valence-corrected chi connectivity index (χ4v) is 4.76. The van der Waals surface area contributed by atoms with E-state index in [1.807, 2.05) is 6.26 Å². The van der Waals surface area contributed by atoms with Crippen LogP contribution in [0, 0.1) is 0 Å². The van der Waals surface area contributed by atoms with E-state index < -0.39 is 27.7 Å². The molecular weight excluding hydrogens is 494 g/mol. The smallest absolute Gasteiger partial charge is 0.408 e. The van der Waals surface area contributed by atoms with Crippen molar-refractivity contribution in [1.29, 1.82) is 0 Å². The summed E-state index contributed by atoms with van der Waals surface area (Å²) in [6.45, 7) is 0. The van der Waals surface area contributed by atoms with Gasteiger partial charge in [-0.25, -0.2) is 13.2 Å². The number of anilines is 1. The number of sulfonamides is 1. The topological polar surface area (TPSA) is 110 Å². The zero-order valence-corrected chi connectivity index (χ0v) is 19.4. The molecule has 160 valence electrons. The minimum absolute atomic E-state index is 0.0880. The van der Waals surface area contributed by atoms with Crippen LogP contribution in [0.1, 0.15) is 6.42 Å². The Bertz CT molecular complexity index is 1220. The van der Waals surface area contributed by atoms with E-state index in [9.17, 15) is 18.0 Å². The van der Waals surface area contributed by atoms with E-state index in [1.165, 1.54) is 41.6 Å². The average molecular weight is 514 g/mol. The summed E-state index contributed by atoms with van der Waals surface area (Å²) < 4.78 is 35.5. The Kier molecular flexibility index (Phi) is 7.06. The fraction of sp³-hybridized carbons (Fsp3) is 0.263. The first-order valence-electron chi connectivity index (χ1n) is 8.88. The van der Waals surface area contributed by atoms with Crippen molar-refractivity contribution in [2.75, 3.05) is 17.3 Å². The largest absolute Gasteiger partial charge is 0.419 e. The van der Waals surface area contributed by atoms with E-state index in [4.69, 9.17) is 4.42 Å². The lowest BCUT2D eigenvalue weighted by atomic mass is 10.2. The van der Waals surface area contributed by atoms with Crippen LogP contribution < -0.4 is 15.8 Å². The van der Waals surface area contributed by atoms with Crippen LogP contribution in [0.25, 0.3) is 11.1 Å². The van der Waals surface area contributed by atoms with Gasteiger partial charge in [0.05, 0.1) is 10.4 Å². The molecule has 1 amide bonds. The number of thioether (sulfide) groups is 1. The highest BCUT2D eigenvalue weighted by Crippen LogP contribution is 2.19. The van der Waals surface area contributed by atoms with Gasteiger partial charge in [-0.1, -0.05) is 15.9 Å². The van der Waals surface area contributed by atoms with Gasteiger partial charge in [-0.2, -0.15) is 16.5 Å². The van der Waals surface area contributed by atoms with Crippen molar-refractivity contribution < 1.29 is 17.6 Å².